The molecule has 0 aliphatic rings. The van der Waals surface area contributed by atoms with Crippen LogP contribution in [0, 0.1) is 5.82 Å². The van der Waals surface area contributed by atoms with E-state index in [2.05, 4.69) is 21.4 Å². The summed E-state index contributed by atoms with van der Waals surface area (Å²) in [7, 11) is 1.61. The number of halogens is 2. The van der Waals surface area contributed by atoms with Crippen LogP contribution in [0.15, 0.2) is 46.9 Å². The Morgan fingerprint density at radius 1 is 1.16 bits per heavy atom. The third kappa shape index (κ3) is 3.12. The molecule has 0 radical (unpaired) electrons. The minimum Gasteiger partial charge on any atom is -0.496 e. The Balaban J connectivity index is 2.36. The fraction of sp³-hybridized carbons (Fsp3) is 0.143. The molecular weight excluding hydrogens is 311 g/mol. The summed E-state index contributed by atoms with van der Waals surface area (Å²) < 4.78 is 19.0. The highest BCUT2D eigenvalue weighted by Crippen LogP contribution is 2.30. The van der Waals surface area contributed by atoms with Crippen molar-refractivity contribution in [1.29, 1.82) is 0 Å². The minimum absolute atomic E-state index is 0.206. The number of methoxy groups -OCH3 is 1. The SMILES string of the molecule is COc1ccc(C(NN)c2ccc(F)cc2)cc1Br. The first-order valence-electron chi connectivity index (χ1n) is 5.70. The fourth-order valence-corrected chi connectivity index (χ4v) is 2.46. The molecule has 0 fully saturated rings. The molecule has 1 atom stereocenters. The van der Waals surface area contributed by atoms with Crippen LogP contribution in [0.2, 0.25) is 0 Å². The van der Waals surface area contributed by atoms with Crippen LogP contribution in [0.25, 0.3) is 0 Å². The molecule has 100 valence electrons. The quantitative estimate of drug-likeness (QED) is 0.671. The fourth-order valence-electron chi connectivity index (χ4n) is 1.90. The molecule has 0 bridgehead atoms. The van der Waals surface area contributed by atoms with Crippen LogP contribution in [-0.4, -0.2) is 7.11 Å². The lowest BCUT2D eigenvalue weighted by Crippen LogP contribution is -2.28. The van der Waals surface area contributed by atoms with Crippen LogP contribution in [0.4, 0.5) is 4.39 Å². The second-order valence-corrected chi connectivity index (χ2v) is 4.90. The van der Waals surface area contributed by atoms with Crippen molar-refractivity contribution in [3.05, 3.63) is 63.9 Å². The standard InChI is InChI=1S/C14H14BrFN2O/c1-19-13-7-4-10(8-12(13)15)14(18-17)9-2-5-11(16)6-3-9/h2-8,14,18H,17H2,1H3. The third-order valence-corrected chi connectivity index (χ3v) is 3.50. The molecule has 2 aromatic carbocycles. The van der Waals surface area contributed by atoms with E-state index in [-0.39, 0.29) is 11.9 Å². The summed E-state index contributed by atoms with van der Waals surface area (Å²) in [5.41, 5.74) is 4.58. The van der Waals surface area contributed by atoms with Crippen molar-refractivity contribution in [2.45, 2.75) is 6.04 Å². The molecule has 0 amide bonds. The number of hydrogen-bond donors (Lipinski definition) is 2. The van der Waals surface area contributed by atoms with E-state index in [1.165, 1.54) is 12.1 Å². The van der Waals surface area contributed by atoms with Crippen LogP contribution in [0.3, 0.4) is 0 Å². The average molecular weight is 325 g/mol. The van der Waals surface area contributed by atoms with Gasteiger partial charge < -0.3 is 4.74 Å². The van der Waals surface area contributed by atoms with E-state index < -0.39 is 0 Å². The molecule has 0 aromatic heterocycles. The van der Waals surface area contributed by atoms with Gasteiger partial charge in [-0.05, 0) is 51.3 Å². The van der Waals surface area contributed by atoms with Crippen molar-refractivity contribution in [1.82, 2.24) is 5.43 Å². The Hall–Kier alpha value is -1.43. The highest BCUT2D eigenvalue weighted by molar-refractivity contribution is 9.10. The van der Waals surface area contributed by atoms with E-state index in [4.69, 9.17) is 10.6 Å². The topological polar surface area (TPSA) is 47.3 Å². The van der Waals surface area contributed by atoms with Crippen LogP contribution in [0.1, 0.15) is 17.2 Å². The van der Waals surface area contributed by atoms with E-state index >= 15 is 0 Å². The Morgan fingerprint density at radius 2 is 1.79 bits per heavy atom. The molecule has 2 aromatic rings. The molecule has 2 rings (SSSR count). The van der Waals surface area contributed by atoms with Gasteiger partial charge >= 0.3 is 0 Å². The van der Waals surface area contributed by atoms with Gasteiger partial charge in [-0.3, -0.25) is 5.84 Å². The van der Waals surface area contributed by atoms with Gasteiger partial charge in [0.05, 0.1) is 17.6 Å². The zero-order valence-corrected chi connectivity index (χ0v) is 11.9. The molecular formula is C14H14BrFN2O. The number of nitrogens with two attached hydrogens (primary N) is 1. The summed E-state index contributed by atoms with van der Waals surface area (Å²) in [6.45, 7) is 0. The van der Waals surface area contributed by atoms with E-state index in [9.17, 15) is 4.39 Å². The van der Waals surface area contributed by atoms with Crippen LogP contribution in [-0.2, 0) is 0 Å². The summed E-state index contributed by atoms with van der Waals surface area (Å²) in [6.07, 6.45) is 0. The maximum absolute atomic E-state index is 12.9. The van der Waals surface area contributed by atoms with Crippen LogP contribution >= 0.6 is 15.9 Å². The highest BCUT2D eigenvalue weighted by atomic mass is 79.9. The summed E-state index contributed by atoms with van der Waals surface area (Å²) in [4.78, 5) is 0. The van der Waals surface area contributed by atoms with Crippen molar-refractivity contribution < 1.29 is 9.13 Å². The minimum atomic E-state index is -0.268. The molecule has 0 saturated heterocycles. The number of benzene rings is 2. The smallest absolute Gasteiger partial charge is 0.133 e. The van der Waals surface area contributed by atoms with E-state index in [1.807, 2.05) is 18.2 Å². The molecule has 0 aliphatic heterocycles. The molecule has 19 heavy (non-hydrogen) atoms. The van der Waals surface area contributed by atoms with E-state index in [0.29, 0.717) is 0 Å². The molecule has 1 unspecified atom stereocenters. The normalized spacial score (nSPS) is 12.2. The van der Waals surface area contributed by atoms with Gasteiger partial charge in [0.2, 0.25) is 0 Å². The number of rotatable bonds is 4. The van der Waals surface area contributed by atoms with Crippen molar-refractivity contribution in [2.24, 2.45) is 5.84 Å². The molecule has 0 saturated carbocycles. The maximum atomic E-state index is 12.9. The predicted octanol–water partition coefficient (Wildman–Crippen LogP) is 3.15. The van der Waals surface area contributed by atoms with Gasteiger partial charge in [-0.1, -0.05) is 18.2 Å². The van der Waals surface area contributed by atoms with E-state index in [1.54, 1.807) is 19.2 Å². The summed E-state index contributed by atoms with van der Waals surface area (Å²) in [5, 5.41) is 0. The first-order valence-corrected chi connectivity index (χ1v) is 6.50. The Bertz CT molecular complexity index is 560. The third-order valence-electron chi connectivity index (χ3n) is 2.88. The van der Waals surface area contributed by atoms with Crippen LogP contribution in [0.5, 0.6) is 5.75 Å². The van der Waals surface area contributed by atoms with Gasteiger partial charge in [0.15, 0.2) is 0 Å². The number of hydrazine groups is 1. The second-order valence-electron chi connectivity index (χ2n) is 4.05. The molecule has 0 aliphatic carbocycles. The predicted molar refractivity (Wildman–Crippen MR) is 76.3 cm³/mol. The summed E-state index contributed by atoms with van der Waals surface area (Å²) in [6, 6.07) is 11.7. The number of ether oxygens (including phenoxy) is 1. The Morgan fingerprint density at radius 3 is 2.32 bits per heavy atom. The molecule has 0 heterocycles. The lowest BCUT2D eigenvalue weighted by molar-refractivity contribution is 0.411. The highest BCUT2D eigenvalue weighted by Gasteiger charge is 2.14. The van der Waals surface area contributed by atoms with Gasteiger partial charge in [0, 0.05) is 0 Å². The first kappa shape index (κ1) is 14.0. The van der Waals surface area contributed by atoms with Gasteiger partial charge in [-0.25, -0.2) is 9.82 Å². The van der Waals surface area contributed by atoms with Gasteiger partial charge in [-0.15, -0.1) is 0 Å². The molecule has 0 spiro atoms. The zero-order chi connectivity index (χ0) is 13.8. The zero-order valence-electron chi connectivity index (χ0n) is 10.4. The van der Waals surface area contributed by atoms with Crippen LogP contribution < -0.4 is 16.0 Å². The summed E-state index contributed by atoms with van der Waals surface area (Å²) >= 11 is 3.44. The van der Waals surface area contributed by atoms with Crippen molar-refractivity contribution >= 4 is 15.9 Å². The lowest BCUT2D eigenvalue weighted by atomic mass is 9.99. The van der Waals surface area contributed by atoms with Gasteiger partial charge in [-0.2, -0.15) is 0 Å². The van der Waals surface area contributed by atoms with E-state index in [0.717, 1.165) is 21.3 Å². The number of hydrogen-bond acceptors (Lipinski definition) is 3. The lowest BCUT2D eigenvalue weighted by Gasteiger charge is -2.18. The monoisotopic (exact) mass is 324 g/mol. The molecule has 3 N–H and O–H groups in total. The largest absolute Gasteiger partial charge is 0.496 e. The van der Waals surface area contributed by atoms with Crippen molar-refractivity contribution in [2.75, 3.05) is 7.11 Å². The number of nitrogens with one attached hydrogen (secondary N) is 1. The molecule has 5 heteroatoms. The average Bonchev–Trinajstić information content (AvgIpc) is 2.42. The van der Waals surface area contributed by atoms with Crippen molar-refractivity contribution in [3.63, 3.8) is 0 Å². The summed E-state index contributed by atoms with van der Waals surface area (Å²) in [5.74, 6) is 6.09. The molecule has 3 nitrogen and oxygen atoms in total. The Labute approximate surface area is 119 Å². The first-order chi connectivity index (χ1) is 9.15. The maximum Gasteiger partial charge on any atom is 0.133 e. The van der Waals surface area contributed by atoms with Gasteiger partial charge in [0.1, 0.15) is 11.6 Å². The van der Waals surface area contributed by atoms with Crippen molar-refractivity contribution in [3.8, 4) is 5.75 Å². The second kappa shape index (κ2) is 6.14. The van der Waals surface area contributed by atoms with Gasteiger partial charge in [0.25, 0.3) is 0 Å². The Kier molecular flexibility index (Phi) is 4.52.